The summed E-state index contributed by atoms with van der Waals surface area (Å²) < 4.78 is 1.76. The van der Waals surface area contributed by atoms with Crippen LogP contribution in [0.15, 0.2) is 5.16 Å². The maximum atomic E-state index is 4.00. The molecular formula is C6H14N4S. The molecule has 0 fully saturated rings. The molecule has 0 atom stereocenters. The van der Waals surface area contributed by atoms with Crippen LogP contribution in [-0.4, -0.2) is 38.5 Å². The van der Waals surface area contributed by atoms with E-state index in [0.717, 1.165) is 10.9 Å². The normalized spacial score (nSPS) is 13.5. The molecule has 1 aromatic rings. The predicted octanol–water partition coefficient (Wildman–Crippen LogP) is 0.653. The molecule has 0 radical (unpaired) electrons. The van der Waals surface area contributed by atoms with Gasteiger partial charge in [0.15, 0.2) is 5.16 Å². The van der Waals surface area contributed by atoms with Crippen LogP contribution in [0.5, 0.6) is 0 Å². The fourth-order valence-corrected chi connectivity index (χ4v) is 2.09. The Morgan fingerprint density at radius 1 is 1.45 bits per heavy atom. The molecular weight excluding hydrogens is 160 g/mol. The minimum atomic E-state index is -0.759. The third-order valence-electron chi connectivity index (χ3n) is 1.80. The number of hydrogen-bond donors (Lipinski definition) is 0. The number of nitrogens with zero attached hydrogens (tertiary/aromatic N) is 4. The van der Waals surface area contributed by atoms with E-state index in [2.05, 4.69) is 35.0 Å². The molecule has 0 aliphatic rings. The maximum Gasteiger partial charge on any atom is 0.191 e. The van der Waals surface area contributed by atoms with Gasteiger partial charge >= 0.3 is 0 Å². The lowest BCUT2D eigenvalue weighted by Crippen LogP contribution is -2.06. The van der Waals surface area contributed by atoms with Crippen LogP contribution in [0.1, 0.15) is 6.92 Å². The summed E-state index contributed by atoms with van der Waals surface area (Å²) >= 11 is 0. The average Bonchev–Trinajstić information content (AvgIpc) is 2.36. The summed E-state index contributed by atoms with van der Waals surface area (Å²) in [4.78, 5) is 0. The summed E-state index contributed by atoms with van der Waals surface area (Å²) in [6, 6.07) is 0. The smallest absolute Gasteiger partial charge is 0.191 e. The van der Waals surface area contributed by atoms with Gasteiger partial charge in [0.2, 0.25) is 0 Å². The highest BCUT2D eigenvalue weighted by atomic mass is 32.3. The van der Waals surface area contributed by atoms with Crippen LogP contribution >= 0.6 is 10.0 Å². The van der Waals surface area contributed by atoms with Crippen molar-refractivity contribution in [1.82, 2.24) is 20.2 Å². The molecule has 0 N–H and O–H groups in total. The zero-order valence-electron chi connectivity index (χ0n) is 7.40. The summed E-state index contributed by atoms with van der Waals surface area (Å²) in [5, 5.41) is 12.5. The Hall–Kier alpha value is -0.580. The van der Waals surface area contributed by atoms with Crippen molar-refractivity contribution in [3.05, 3.63) is 0 Å². The van der Waals surface area contributed by atoms with Gasteiger partial charge in [0.05, 0.1) is 0 Å². The molecule has 1 aromatic heterocycles. The second-order valence-electron chi connectivity index (χ2n) is 2.91. The molecule has 4 nitrogen and oxygen atoms in total. The first-order valence-electron chi connectivity index (χ1n) is 3.51. The molecule has 0 bridgehead atoms. The van der Waals surface area contributed by atoms with Crippen molar-refractivity contribution >= 4 is 10.0 Å². The SMILES string of the molecule is CCS(C)(C)c1nnnn1C. The number of tetrazole rings is 1. The van der Waals surface area contributed by atoms with Crippen molar-refractivity contribution in [2.45, 2.75) is 12.1 Å². The minimum absolute atomic E-state index is 0.759. The fraction of sp³-hybridized carbons (Fsp3) is 0.833. The lowest BCUT2D eigenvalue weighted by molar-refractivity contribution is 0.662. The molecule has 11 heavy (non-hydrogen) atoms. The van der Waals surface area contributed by atoms with E-state index < -0.39 is 10.0 Å². The first kappa shape index (κ1) is 8.52. The summed E-state index contributed by atoms with van der Waals surface area (Å²) in [6.45, 7) is 2.17. The third-order valence-corrected chi connectivity index (χ3v) is 4.57. The Balaban J connectivity index is 3.00. The molecule has 0 amide bonds. The van der Waals surface area contributed by atoms with Gasteiger partial charge in [-0.15, -0.1) is 5.10 Å². The van der Waals surface area contributed by atoms with E-state index in [1.165, 1.54) is 0 Å². The fourth-order valence-electron chi connectivity index (χ4n) is 0.818. The number of aryl methyl sites for hydroxylation is 1. The van der Waals surface area contributed by atoms with Gasteiger partial charge in [-0.1, -0.05) is 6.92 Å². The van der Waals surface area contributed by atoms with Crippen molar-refractivity contribution in [2.24, 2.45) is 7.05 Å². The van der Waals surface area contributed by atoms with Crippen LogP contribution in [0.3, 0.4) is 0 Å². The first-order chi connectivity index (χ1) is 5.08. The zero-order valence-corrected chi connectivity index (χ0v) is 8.22. The van der Waals surface area contributed by atoms with Gasteiger partial charge in [0.1, 0.15) is 0 Å². The summed E-state index contributed by atoms with van der Waals surface area (Å²) in [5.74, 6) is 1.13. The van der Waals surface area contributed by atoms with Gasteiger partial charge in [0.25, 0.3) is 0 Å². The van der Waals surface area contributed by atoms with E-state index in [-0.39, 0.29) is 0 Å². The number of hydrogen-bond acceptors (Lipinski definition) is 3. The molecule has 0 aliphatic heterocycles. The van der Waals surface area contributed by atoms with E-state index in [9.17, 15) is 0 Å². The molecule has 0 saturated heterocycles. The molecule has 1 rings (SSSR count). The van der Waals surface area contributed by atoms with Crippen molar-refractivity contribution < 1.29 is 0 Å². The monoisotopic (exact) mass is 174 g/mol. The maximum absolute atomic E-state index is 4.00. The van der Waals surface area contributed by atoms with Crippen LogP contribution < -0.4 is 0 Å². The van der Waals surface area contributed by atoms with Gasteiger partial charge in [-0.3, -0.25) is 0 Å². The Morgan fingerprint density at radius 3 is 2.45 bits per heavy atom. The highest BCUT2D eigenvalue weighted by molar-refractivity contribution is 8.32. The number of aromatic nitrogens is 4. The van der Waals surface area contributed by atoms with E-state index in [0.29, 0.717) is 0 Å². The van der Waals surface area contributed by atoms with E-state index in [1.54, 1.807) is 4.68 Å². The average molecular weight is 174 g/mol. The highest BCUT2D eigenvalue weighted by Gasteiger charge is 2.18. The van der Waals surface area contributed by atoms with Crippen molar-refractivity contribution in [3.8, 4) is 0 Å². The molecule has 5 heteroatoms. The van der Waals surface area contributed by atoms with E-state index in [4.69, 9.17) is 0 Å². The minimum Gasteiger partial charge on any atom is -0.225 e. The van der Waals surface area contributed by atoms with E-state index in [1.807, 2.05) is 7.05 Å². The first-order valence-corrected chi connectivity index (χ1v) is 6.13. The predicted molar refractivity (Wildman–Crippen MR) is 47.0 cm³/mol. The molecule has 1 heterocycles. The Morgan fingerprint density at radius 2 is 2.09 bits per heavy atom. The zero-order chi connectivity index (χ0) is 8.48. The summed E-state index contributed by atoms with van der Waals surface area (Å²) in [6.07, 6.45) is 4.44. The quantitative estimate of drug-likeness (QED) is 0.661. The molecule has 64 valence electrons. The largest absolute Gasteiger partial charge is 0.225 e. The van der Waals surface area contributed by atoms with Crippen LogP contribution in [-0.2, 0) is 7.05 Å². The highest BCUT2D eigenvalue weighted by Crippen LogP contribution is 2.46. The van der Waals surface area contributed by atoms with Gasteiger partial charge in [-0.05, 0) is 28.7 Å². The van der Waals surface area contributed by atoms with Crippen molar-refractivity contribution in [1.29, 1.82) is 0 Å². The van der Waals surface area contributed by atoms with Crippen LogP contribution in [0.25, 0.3) is 0 Å². The van der Waals surface area contributed by atoms with Gasteiger partial charge in [-0.2, -0.15) is 10.0 Å². The van der Waals surface area contributed by atoms with Crippen LogP contribution in [0.4, 0.5) is 0 Å². The standard InChI is InChI=1S/C6H14N4S/c1-5-11(3,4)6-7-8-9-10(6)2/h5H2,1-4H3. The summed E-state index contributed by atoms with van der Waals surface area (Å²) in [7, 11) is 1.13. The second-order valence-corrected chi connectivity index (χ2v) is 6.93. The van der Waals surface area contributed by atoms with Gasteiger partial charge in [0, 0.05) is 7.05 Å². The lowest BCUT2D eigenvalue weighted by Gasteiger charge is -2.26. The van der Waals surface area contributed by atoms with Gasteiger partial charge in [-0.25, -0.2) is 4.68 Å². The van der Waals surface area contributed by atoms with Crippen molar-refractivity contribution in [3.63, 3.8) is 0 Å². The number of rotatable bonds is 2. The Labute approximate surface area is 68.3 Å². The second kappa shape index (κ2) is 2.81. The third kappa shape index (κ3) is 1.53. The Kier molecular flexibility index (Phi) is 2.17. The molecule has 0 unspecified atom stereocenters. The van der Waals surface area contributed by atoms with Crippen molar-refractivity contribution in [2.75, 3.05) is 18.3 Å². The Bertz CT molecular complexity index is 242. The molecule has 0 spiro atoms. The van der Waals surface area contributed by atoms with Crippen LogP contribution in [0, 0.1) is 0 Å². The van der Waals surface area contributed by atoms with Crippen LogP contribution in [0.2, 0.25) is 0 Å². The molecule has 0 saturated carbocycles. The molecule has 0 aliphatic carbocycles. The van der Waals surface area contributed by atoms with Gasteiger partial charge < -0.3 is 0 Å². The molecule has 0 aromatic carbocycles. The van der Waals surface area contributed by atoms with E-state index >= 15 is 0 Å². The summed E-state index contributed by atoms with van der Waals surface area (Å²) in [5.41, 5.74) is 0. The lowest BCUT2D eigenvalue weighted by atomic mass is 11.0. The topological polar surface area (TPSA) is 43.6 Å².